The summed E-state index contributed by atoms with van der Waals surface area (Å²) in [6, 6.07) is 19.6. The summed E-state index contributed by atoms with van der Waals surface area (Å²) in [6.45, 7) is 3.25. The number of pyridine rings is 1. The normalized spacial score (nSPS) is 10.4. The third-order valence-electron chi connectivity index (χ3n) is 4.61. The van der Waals surface area contributed by atoms with Crippen molar-refractivity contribution in [2.45, 2.75) is 19.9 Å². The number of hydrogen-bond acceptors (Lipinski definition) is 4. The maximum absolute atomic E-state index is 12.4. The second kappa shape index (κ2) is 9.55. The van der Waals surface area contributed by atoms with Crippen molar-refractivity contribution >= 4 is 11.6 Å². The van der Waals surface area contributed by atoms with Gasteiger partial charge < -0.3 is 15.4 Å². The van der Waals surface area contributed by atoms with Crippen molar-refractivity contribution in [1.29, 1.82) is 0 Å². The number of rotatable bonds is 8. The van der Waals surface area contributed by atoms with Crippen LogP contribution in [0.15, 0.2) is 66.9 Å². The van der Waals surface area contributed by atoms with Gasteiger partial charge in [-0.1, -0.05) is 42.5 Å². The number of amides is 1. The molecule has 1 heterocycles. The number of aromatic nitrogens is 1. The van der Waals surface area contributed by atoms with Crippen molar-refractivity contribution in [2.24, 2.45) is 0 Å². The molecule has 0 spiro atoms. The third kappa shape index (κ3) is 5.10. The molecule has 0 fully saturated rings. The predicted molar refractivity (Wildman–Crippen MR) is 112 cm³/mol. The summed E-state index contributed by atoms with van der Waals surface area (Å²) >= 11 is 0. The Bertz CT molecular complexity index is 940. The first-order chi connectivity index (χ1) is 13.7. The second-order valence-corrected chi connectivity index (χ2v) is 6.53. The zero-order chi connectivity index (χ0) is 19.8. The van der Waals surface area contributed by atoms with Crippen LogP contribution < -0.4 is 15.4 Å². The molecule has 28 heavy (non-hydrogen) atoms. The lowest BCUT2D eigenvalue weighted by Crippen LogP contribution is -2.24. The van der Waals surface area contributed by atoms with Gasteiger partial charge in [0, 0.05) is 25.0 Å². The fourth-order valence-electron chi connectivity index (χ4n) is 2.99. The molecule has 5 nitrogen and oxygen atoms in total. The summed E-state index contributed by atoms with van der Waals surface area (Å²) < 4.78 is 5.38. The number of para-hydroxylation sites is 1. The van der Waals surface area contributed by atoms with Gasteiger partial charge in [-0.25, -0.2) is 0 Å². The minimum absolute atomic E-state index is 0.184. The van der Waals surface area contributed by atoms with E-state index in [4.69, 9.17) is 4.74 Å². The van der Waals surface area contributed by atoms with Gasteiger partial charge in [-0.05, 0) is 48.2 Å². The number of carbonyl (C=O) groups excluding carboxylic acids is 1. The quantitative estimate of drug-likeness (QED) is 0.625. The number of nitrogens with one attached hydrogen (secondary N) is 2. The topological polar surface area (TPSA) is 63.2 Å². The molecule has 144 valence electrons. The van der Waals surface area contributed by atoms with E-state index in [1.807, 2.05) is 55.5 Å². The van der Waals surface area contributed by atoms with Gasteiger partial charge >= 0.3 is 0 Å². The molecule has 0 aliphatic carbocycles. The van der Waals surface area contributed by atoms with E-state index in [0.717, 1.165) is 41.1 Å². The van der Waals surface area contributed by atoms with Gasteiger partial charge in [0.2, 0.25) is 0 Å². The van der Waals surface area contributed by atoms with Crippen LogP contribution in [-0.2, 0) is 13.0 Å². The molecule has 0 bridgehead atoms. The Morgan fingerprint density at radius 3 is 2.57 bits per heavy atom. The summed E-state index contributed by atoms with van der Waals surface area (Å²) in [5.74, 6) is 0.701. The molecule has 0 aliphatic rings. The molecule has 0 atom stereocenters. The van der Waals surface area contributed by atoms with Crippen LogP contribution in [-0.4, -0.2) is 24.5 Å². The van der Waals surface area contributed by atoms with Crippen LogP contribution in [0.2, 0.25) is 0 Å². The zero-order valence-corrected chi connectivity index (χ0v) is 16.2. The second-order valence-electron chi connectivity index (χ2n) is 6.53. The average Bonchev–Trinajstić information content (AvgIpc) is 2.73. The Morgan fingerprint density at radius 1 is 1.04 bits per heavy atom. The van der Waals surface area contributed by atoms with Crippen molar-refractivity contribution in [3.8, 4) is 5.75 Å². The fourth-order valence-corrected chi connectivity index (χ4v) is 2.99. The standard InChI is InChI=1S/C23H25N3O2/c1-17-7-3-4-9-19(17)16-26-23(27)21-15-20(12-14-25-21)24-13-11-18-8-5-6-10-22(18)28-2/h3-10,12,14-15H,11,13,16H2,1-2H3,(H,24,25)(H,26,27). The van der Waals surface area contributed by atoms with Crippen molar-refractivity contribution < 1.29 is 9.53 Å². The number of methoxy groups -OCH3 is 1. The van der Waals surface area contributed by atoms with E-state index in [-0.39, 0.29) is 5.91 Å². The van der Waals surface area contributed by atoms with E-state index in [1.165, 1.54) is 0 Å². The first-order valence-electron chi connectivity index (χ1n) is 9.32. The van der Waals surface area contributed by atoms with Crippen LogP contribution in [0.25, 0.3) is 0 Å². The van der Waals surface area contributed by atoms with Gasteiger partial charge in [0.1, 0.15) is 11.4 Å². The number of ether oxygens (including phenoxy) is 1. The van der Waals surface area contributed by atoms with Crippen LogP contribution >= 0.6 is 0 Å². The number of hydrogen-bond donors (Lipinski definition) is 2. The van der Waals surface area contributed by atoms with Crippen LogP contribution in [0.3, 0.4) is 0 Å². The number of nitrogens with zero attached hydrogens (tertiary/aromatic N) is 1. The van der Waals surface area contributed by atoms with E-state index >= 15 is 0 Å². The smallest absolute Gasteiger partial charge is 0.270 e. The maximum Gasteiger partial charge on any atom is 0.270 e. The molecule has 3 aromatic rings. The van der Waals surface area contributed by atoms with Crippen LogP contribution in [0, 0.1) is 6.92 Å². The minimum atomic E-state index is -0.184. The van der Waals surface area contributed by atoms with Crippen LogP contribution in [0.5, 0.6) is 5.75 Å². The summed E-state index contributed by atoms with van der Waals surface area (Å²) in [5.41, 5.74) is 4.66. The van der Waals surface area contributed by atoms with Crippen molar-refractivity contribution in [2.75, 3.05) is 19.0 Å². The molecular weight excluding hydrogens is 350 g/mol. The monoisotopic (exact) mass is 375 g/mol. The average molecular weight is 375 g/mol. The molecule has 0 saturated carbocycles. The van der Waals surface area contributed by atoms with Gasteiger partial charge in [0.15, 0.2) is 0 Å². The van der Waals surface area contributed by atoms with Crippen molar-refractivity contribution in [3.05, 3.63) is 89.2 Å². The van der Waals surface area contributed by atoms with Gasteiger partial charge in [-0.3, -0.25) is 9.78 Å². The predicted octanol–water partition coefficient (Wildman–Crippen LogP) is 3.98. The maximum atomic E-state index is 12.4. The van der Waals surface area contributed by atoms with Crippen molar-refractivity contribution in [3.63, 3.8) is 0 Å². The molecule has 3 rings (SSSR count). The lowest BCUT2D eigenvalue weighted by Gasteiger charge is -2.11. The van der Waals surface area contributed by atoms with Gasteiger partial charge in [-0.15, -0.1) is 0 Å². The van der Waals surface area contributed by atoms with Crippen LogP contribution in [0.4, 0.5) is 5.69 Å². The highest BCUT2D eigenvalue weighted by Gasteiger charge is 2.09. The van der Waals surface area contributed by atoms with Gasteiger partial charge in [-0.2, -0.15) is 0 Å². The molecule has 0 aliphatic heterocycles. The van der Waals surface area contributed by atoms with E-state index in [2.05, 4.69) is 21.7 Å². The molecule has 1 aromatic heterocycles. The summed E-state index contributed by atoms with van der Waals surface area (Å²) in [7, 11) is 1.68. The summed E-state index contributed by atoms with van der Waals surface area (Å²) in [4.78, 5) is 16.6. The van der Waals surface area contributed by atoms with E-state index in [9.17, 15) is 4.79 Å². The largest absolute Gasteiger partial charge is 0.496 e. The molecule has 0 saturated heterocycles. The molecule has 2 N–H and O–H groups in total. The number of carbonyl (C=O) groups is 1. The van der Waals surface area contributed by atoms with E-state index in [1.54, 1.807) is 19.4 Å². The molecule has 1 amide bonds. The van der Waals surface area contributed by atoms with E-state index in [0.29, 0.717) is 12.2 Å². The number of benzene rings is 2. The molecular formula is C23H25N3O2. The molecule has 2 aromatic carbocycles. The lowest BCUT2D eigenvalue weighted by atomic mass is 10.1. The summed E-state index contributed by atoms with van der Waals surface area (Å²) in [6.07, 6.45) is 2.47. The lowest BCUT2D eigenvalue weighted by molar-refractivity contribution is 0.0946. The SMILES string of the molecule is COc1ccccc1CCNc1ccnc(C(=O)NCc2ccccc2C)c1. The minimum Gasteiger partial charge on any atom is -0.496 e. The Hall–Kier alpha value is -3.34. The van der Waals surface area contributed by atoms with Crippen LogP contribution in [0.1, 0.15) is 27.2 Å². The van der Waals surface area contributed by atoms with Gasteiger partial charge in [0.05, 0.1) is 7.11 Å². The first kappa shape index (κ1) is 19.4. The first-order valence-corrected chi connectivity index (χ1v) is 9.32. The Balaban J connectivity index is 1.56. The van der Waals surface area contributed by atoms with Crippen molar-refractivity contribution in [1.82, 2.24) is 10.3 Å². The fraction of sp³-hybridized carbons (Fsp3) is 0.217. The van der Waals surface area contributed by atoms with Gasteiger partial charge in [0.25, 0.3) is 5.91 Å². The summed E-state index contributed by atoms with van der Waals surface area (Å²) in [5, 5.41) is 6.28. The Labute approximate surface area is 165 Å². The highest BCUT2D eigenvalue weighted by molar-refractivity contribution is 5.93. The Kier molecular flexibility index (Phi) is 6.63. The molecule has 5 heteroatoms. The highest BCUT2D eigenvalue weighted by Crippen LogP contribution is 2.18. The third-order valence-corrected chi connectivity index (χ3v) is 4.61. The number of aryl methyl sites for hydroxylation is 1. The molecule has 0 radical (unpaired) electrons. The van der Waals surface area contributed by atoms with E-state index < -0.39 is 0 Å². The molecule has 0 unspecified atom stereocenters. The highest BCUT2D eigenvalue weighted by atomic mass is 16.5. The number of anilines is 1. The zero-order valence-electron chi connectivity index (χ0n) is 16.2. The Morgan fingerprint density at radius 2 is 1.79 bits per heavy atom.